The van der Waals surface area contributed by atoms with Crippen molar-refractivity contribution in [1.82, 2.24) is 4.90 Å². The molecule has 1 fully saturated rings. The second-order valence-corrected chi connectivity index (χ2v) is 5.64. The van der Waals surface area contributed by atoms with Crippen LogP contribution in [0.2, 0.25) is 5.82 Å². The van der Waals surface area contributed by atoms with E-state index < -0.39 is 0 Å². The number of anilines is 1. The van der Waals surface area contributed by atoms with Crippen LogP contribution in [-0.4, -0.2) is 45.5 Å². The summed E-state index contributed by atoms with van der Waals surface area (Å²) in [6, 6.07) is 5.51. The van der Waals surface area contributed by atoms with Crippen molar-refractivity contribution in [1.29, 1.82) is 0 Å². The van der Waals surface area contributed by atoms with Gasteiger partial charge in [0.1, 0.15) is 13.7 Å². The number of hydrogen-bond donors (Lipinski definition) is 0. The van der Waals surface area contributed by atoms with Gasteiger partial charge in [-0.3, -0.25) is 0 Å². The number of hydrogen-bond acceptors (Lipinski definition) is 2. The lowest BCUT2D eigenvalue weighted by Gasteiger charge is -2.37. The third-order valence-corrected chi connectivity index (χ3v) is 3.44. The first-order chi connectivity index (χ1) is 8.56. The predicted octanol–water partition coefficient (Wildman–Crippen LogP) is 1.70. The van der Waals surface area contributed by atoms with E-state index in [9.17, 15) is 4.39 Å². The molecule has 0 spiro atoms. The Labute approximate surface area is 110 Å². The average molecular weight is 248 g/mol. The quantitative estimate of drug-likeness (QED) is 0.751. The minimum Gasteiger partial charge on any atom is -0.367 e. The van der Waals surface area contributed by atoms with Crippen molar-refractivity contribution in [3.8, 4) is 0 Å². The van der Waals surface area contributed by atoms with Crippen molar-refractivity contribution < 1.29 is 4.39 Å². The Hall–Kier alpha value is -1.03. The molecule has 0 aromatic heterocycles. The molecule has 1 saturated heterocycles. The zero-order chi connectivity index (χ0) is 13.1. The number of benzene rings is 1. The Morgan fingerprint density at radius 1 is 1.28 bits per heavy atom. The van der Waals surface area contributed by atoms with E-state index >= 15 is 0 Å². The molecule has 0 aliphatic carbocycles. The second kappa shape index (κ2) is 5.74. The van der Waals surface area contributed by atoms with Crippen LogP contribution in [0.4, 0.5) is 10.1 Å². The third kappa shape index (κ3) is 3.25. The highest BCUT2D eigenvalue weighted by molar-refractivity contribution is 6.11. The lowest BCUT2D eigenvalue weighted by atomic mass is 9.89. The van der Waals surface area contributed by atoms with Gasteiger partial charge >= 0.3 is 0 Å². The van der Waals surface area contributed by atoms with Crippen molar-refractivity contribution in [2.75, 3.05) is 37.6 Å². The molecule has 1 unspecified atom stereocenters. The van der Waals surface area contributed by atoms with Crippen LogP contribution < -0.4 is 4.90 Å². The number of rotatable bonds is 3. The van der Waals surface area contributed by atoms with E-state index in [0.717, 1.165) is 44.0 Å². The van der Waals surface area contributed by atoms with Crippen LogP contribution in [0, 0.1) is 12.7 Å². The largest absolute Gasteiger partial charge is 0.367 e. The molecule has 1 heterocycles. The van der Waals surface area contributed by atoms with Crippen molar-refractivity contribution in [2.24, 2.45) is 0 Å². The summed E-state index contributed by atoms with van der Waals surface area (Å²) in [5.41, 5.74) is 1.74. The molecular weight excluding hydrogens is 226 g/mol. The minimum absolute atomic E-state index is 0.0905. The molecule has 1 aromatic rings. The maximum absolute atomic E-state index is 13.9. The summed E-state index contributed by atoms with van der Waals surface area (Å²) in [4.78, 5) is 4.62. The summed E-state index contributed by atoms with van der Waals surface area (Å²) >= 11 is 0. The van der Waals surface area contributed by atoms with Crippen molar-refractivity contribution in [3.63, 3.8) is 0 Å². The van der Waals surface area contributed by atoms with E-state index in [-0.39, 0.29) is 5.82 Å². The summed E-state index contributed by atoms with van der Waals surface area (Å²) < 4.78 is 13.9. The Morgan fingerprint density at radius 2 is 1.94 bits per heavy atom. The number of piperazine rings is 1. The SMILES string of the molecule is BC(C)CN1CCN(c2ccc(C)cc2F)CC1. The molecule has 2 rings (SSSR count). The first kappa shape index (κ1) is 13.4. The molecule has 0 bridgehead atoms. The average Bonchev–Trinajstić information content (AvgIpc) is 2.30. The molecule has 1 aromatic carbocycles. The summed E-state index contributed by atoms with van der Waals surface area (Å²) in [6.07, 6.45) is 0. The predicted molar refractivity (Wildman–Crippen MR) is 77.8 cm³/mol. The van der Waals surface area contributed by atoms with Crippen molar-refractivity contribution in [2.45, 2.75) is 19.7 Å². The van der Waals surface area contributed by atoms with Crippen LogP contribution in [0.5, 0.6) is 0 Å². The van der Waals surface area contributed by atoms with E-state index in [1.807, 2.05) is 19.1 Å². The van der Waals surface area contributed by atoms with Gasteiger partial charge in [-0.25, -0.2) is 4.39 Å². The van der Waals surface area contributed by atoms with E-state index in [0.29, 0.717) is 5.82 Å². The van der Waals surface area contributed by atoms with Crippen LogP contribution in [0.15, 0.2) is 18.2 Å². The summed E-state index contributed by atoms with van der Waals surface area (Å²) in [5, 5.41) is 0. The molecule has 0 amide bonds. The molecule has 0 N–H and O–H groups in total. The minimum atomic E-state index is -0.0905. The molecule has 0 saturated carbocycles. The summed E-state index contributed by atoms with van der Waals surface area (Å²) in [6.45, 7) is 9.22. The molecule has 18 heavy (non-hydrogen) atoms. The van der Waals surface area contributed by atoms with Gasteiger partial charge in [0.2, 0.25) is 0 Å². The van der Waals surface area contributed by atoms with Gasteiger partial charge in [0.15, 0.2) is 0 Å². The Morgan fingerprint density at radius 3 is 2.50 bits per heavy atom. The van der Waals surface area contributed by atoms with E-state index in [1.54, 1.807) is 6.07 Å². The lowest BCUT2D eigenvalue weighted by Crippen LogP contribution is -2.47. The monoisotopic (exact) mass is 248 g/mol. The smallest absolute Gasteiger partial charge is 0.146 e. The molecule has 98 valence electrons. The number of halogens is 1. The van der Waals surface area contributed by atoms with Crippen LogP contribution in [-0.2, 0) is 0 Å². The number of nitrogens with zero attached hydrogens (tertiary/aromatic N) is 2. The molecule has 2 nitrogen and oxygen atoms in total. The molecule has 1 aliphatic rings. The van der Waals surface area contributed by atoms with Gasteiger partial charge in [0.05, 0.1) is 5.69 Å². The molecule has 4 heteroatoms. The van der Waals surface area contributed by atoms with Gasteiger partial charge in [-0.15, -0.1) is 0 Å². The highest BCUT2D eigenvalue weighted by Crippen LogP contribution is 2.22. The maximum Gasteiger partial charge on any atom is 0.146 e. The summed E-state index contributed by atoms with van der Waals surface area (Å²) in [5.74, 6) is 0.611. The van der Waals surface area contributed by atoms with Gasteiger partial charge in [0.25, 0.3) is 0 Å². The fraction of sp³-hybridized carbons (Fsp3) is 0.571. The standard InChI is InChI=1S/C14H22BFN2/c1-11-3-4-14(13(16)9-11)18-7-5-17(6-8-18)10-12(2)15/h3-4,9,12H,5-8,10,15H2,1-2H3. The fourth-order valence-electron chi connectivity index (χ4n) is 2.56. The summed E-state index contributed by atoms with van der Waals surface area (Å²) in [7, 11) is 2.24. The Balaban J connectivity index is 1.97. The van der Waals surface area contributed by atoms with Crippen LogP contribution in [0.3, 0.4) is 0 Å². The van der Waals surface area contributed by atoms with Gasteiger partial charge in [-0.2, -0.15) is 0 Å². The van der Waals surface area contributed by atoms with Gasteiger partial charge < -0.3 is 9.80 Å². The molecule has 1 atom stereocenters. The van der Waals surface area contributed by atoms with Gasteiger partial charge in [0, 0.05) is 26.2 Å². The zero-order valence-corrected chi connectivity index (χ0v) is 11.6. The van der Waals surface area contributed by atoms with E-state index in [2.05, 4.69) is 24.6 Å². The lowest BCUT2D eigenvalue weighted by molar-refractivity contribution is 0.258. The van der Waals surface area contributed by atoms with E-state index in [4.69, 9.17) is 0 Å². The van der Waals surface area contributed by atoms with Crippen molar-refractivity contribution >= 4 is 13.5 Å². The van der Waals surface area contributed by atoms with Gasteiger partial charge in [-0.05, 0) is 31.2 Å². The van der Waals surface area contributed by atoms with E-state index in [1.165, 1.54) is 0 Å². The second-order valence-electron chi connectivity index (χ2n) is 5.64. The van der Waals surface area contributed by atoms with Crippen LogP contribution >= 0.6 is 0 Å². The third-order valence-electron chi connectivity index (χ3n) is 3.44. The normalized spacial score (nSPS) is 18.9. The highest BCUT2D eigenvalue weighted by Gasteiger charge is 2.19. The van der Waals surface area contributed by atoms with Crippen LogP contribution in [0.25, 0.3) is 0 Å². The molecule has 1 aliphatic heterocycles. The number of aryl methyl sites for hydroxylation is 1. The van der Waals surface area contributed by atoms with Crippen molar-refractivity contribution in [3.05, 3.63) is 29.6 Å². The topological polar surface area (TPSA) is 6.48 Å². The first-order valence-corrected chi connectivity index (χ1v) is 6.79. The zero-order valence-electron chi connectivity index (χ0n) is 11.6. The Bertz CT molecular complexity index is 401. The maximum atomic E-state index is 13.9. The first-order valence-electron chi connectivity index (χ1n) is 6.79. The highest BCUT2D eigenvalue weighted by atomic mass is 19.1. The van der Waals surface area contributed by atoms with Crippen LogP contribution in [0.1, 0.15) is 12.5 Å². The Kier molecular flexibility index (Phi) is 4.28. The fourth-order valence-corrected chi connectivity index (χ4v) is 2.56. The van der Waals surface area contributed by atoms with Gasteiger partial charge in [-0.1, -0.05) is 18.8 Å². The molecular formula is C14H22BFN2. The molecule has 0 radical (unpaired) electrons.